The minimum absolute atomic E-state index is 0.0950. The largest absolute Gasteiger partial charge is 0.347 e. The fourth-order valence-corrected chi connectivity index (χ4v) is 2.19. The van der Waals surface area contributed by atoms with Crippen molar-refractivity contribution in [3.05, 3.63) is 71.1 Å². The number of hydrogen-bond acceptors (Lipinski definition) is 4. The molecule has 0 saturated heterocycles. The highest BCUT2D eigenvalue weighted by molar-refractivity contribution is 6.30. The van der Waals surface area contributed by atoms with Crippen molar-refractivity contribution >= 4 is 17.5 Å². The van der Waals surface area contributed by atoms with Crippen molar-refractivity contribution in [2.45, 2.75) is 13.0 Å². The number of aromatic nitrogens is 2. The van der Waals surface area contributed by atoms with Crippen molar-refractivity contribution < 1.29 is 9.32 Å². The molecule has 0 spiro atoms. The Morgan fingerprint density at radius 3 is 2.57 bits per heavy atom. The summed E-state index contributed by atoms with van der Waals surface area (Å²) in [5.41, 5.74) is 1.76. The van der Waals surface area contributed by atoms with Gasteiger partial charge in [-0.15, -0.1) is 0 Å². The molecule has 0 unspecified atom stereocenters. The maximum atomic E-state index is 11.9. The molecule has 0 aliphatic rings. The van der Waals surface area contributed by atoms with E-state index in [2.05, 4.69) is 15.5 Å². The first-order chi connectivity index (χ1) is 11.2. The third-order valence-corrected chi connectivity index (χ3v) is 3.47. The molecule has 1 heterocycles. The molecule has 0 saturated carbocycles. The van der Waals surface area contributed by atoms with Crippen LogP contribution in [-0.4, -0.2) is 16.0 Å². The Morgan fingerprint density at radius 1 is 1.09 bits per heavy atom. The minimum Gasteiger partial charge on any atom is -0.347 e. The molecule has 23 heavy (non-hydrogen) atoms. The maximum Gasteiger partial charge on any atom is 0.246 e. The van der Waals surface area contributed by atoms with Crippen molar-refractivity contribution in [3.8, 4) is 11.4 Å². The van der Waals surface area contributed by atoms with E-state index >= 15 is 0 Å². The lowest BCUT2D eigenvalue weighted by Crippen LogP contribution is -2.24. The monoisotopic (exact) mass is 327 g/mol. The molecule has 0 bridgehead atoms. The van der Waals surface area contributed by atoms with Gasteiger partial charge in [-0.3, -0.25) is 4.79 Å². The van der Waals surface area contributed by atoms with Crippen LogP contribution in [-0.2, 0) is 17.8 Å². The zero-order valence-electron chi connectivity index (χ0n) is 12.2. The van der Waals surface area contributed by atoms with Gasteiger partial charge < -0.3 is 9.84 Å². The van der Waals surface area contributed by atoms with Gasteiger partial charge in [-0.05, 0) is 29.8 Å². The third-order valence-electron chi connectivity index (χ3n) is 3.21. The fraction of sp³-hybridized carbons (Fsp3) is 0.118. The highest BCUT2D eigenvalue weighted by atomic mass is 35.5. The van der Waals surface area contributed by atoms with Gasteiger partial charge in [0.15, 0.2) is 0 Å². The van der Waals surface area contributed by atoms with Gasteiger partial charge in [0.2, 0.25) is 17.6 Å². The average Bonchev–Trinajstić information content (AvgIpc) is 3.04. The molecule has 1 amide bonds. The Hall–Kier alpha value is -2.66. The van der Waals surface area contributed by atoms with E-state index in [1.54, 1.807) is 12.1 Å². The number of amides is 1. The molecule has 0 radical (unpaired) electrons. The standard InChI is InChI=1S/C17H14ClN3O2/c18-14-8-6-13(7-9-14)17-20-16(23-21-17)11-19-15(22)10-12-4-2-1-3-5-12/h1-9H,10-11H2,(H,19,22). The molecule has 0 aliphatic heterocycles. The van der Waals surface area contributed by atoms with E-state index < -0.39 is 0 Å². The first kappa shape index (κ1) is 15.2. The van der Waals surface area contributed by atoms with E-state index in [0.717, 1.165) is 11.1 Å². The average molecular weight is 328 g/mol. The van der Waals surface area contributed by atoms with Crippen molar-refractivity contribution in [2.75, 3.05) is 0 Å². The minimum atomic E-state index is -0.0950. The van der Waals surface area contributed by atoms with Crippen LogP contribution in [0.1, 0.15) is 11.5 Å². The number of hydrogen-bond donors (Lipinski definition) is 1. The van der Waals surface area contributed by atoms with Crippen LogP contribution in [0.15, 0.2) is 59.1 Å². The van der Waals surface area contributed by atoms with Crippen molar-refractivity contribution in [1.29, 1.82) is 0 Å². The van der Waals surface area contributed by atoms with Crippen LogP contribution in [0.2, 0.25) is 5.02 Å². The van der Waals surface area contributed by atoms with Crippen LogP contribution < -0.4 is 5.32 Å². The van der Waals surface area contributed by atoms with Crippen LogP contribution in [0.4, 0.5) is 0 Å². The molecular weight excluding hydrogens is 314 g/mol. The maximum absolute atomic E-state index is 11.9. The quantitative estimate of drug-likeness (QED) is 0.781. The number of rotatable bonds is 5. The molecule has 0 aliphatic carbocycles. The number of nitrogens with one attached hydrogen (secondary N) is 1. The summed E-state index contributed by atoms with van der Waals surface area (Å²) in [6, 6.07) is 16.7. The SMILES string of the molecule is O=C(Cc1ccccc1)NCc1nc(-c2ccc(Cl)cc2)no1. The van der Waals surface area contributed by atoms with E-state index in [0.29, 0.717) is 23.2 Å². The Balaban J connectivity index is 1.57. The summed E-state index contributed by atoms with van der Waals surface area (Å²) in [6.45, 7) is 0.201. The number of halogens is 1. The molecule has 6 heteroatoms. The molecule has 0 atom stereocenters. The highest BCUT2D eigenvalue weighted by Gasteiger charge is 2.10. The van der Waals surface area contributed by atoms with Gasteiger partial charge in [0, 0.05) is 10.6 Å². The van der Waals surface area contributed by atoms with Crippen LogP contribution in [0.5, 0.6) is 0 Å². The molecule has 0 fully saturated rings. The zero-order valence-corrected chi connectivity index (χ0v) is 13.0. The predicted octanol–water partition coefficient (Wildman–Crippen LogP) is 3.25. The second kappa shape index (κ2) is 7.07. The smallest absolute Gasteiger partial charge is 0.246 e. The molecule has 3 rings (SSSR count). The summed E-state index contributed by atoms with van der Waals surface area (Å²) in [5.74, 6) is 0.729. The topological polar surface area (TPSA) is 68.0 Å². The van der Waals surface area contributed by atoms with Crippen molar-refractivity contribution in [2.24, 2.45) is 0 Å². The zero-order chi connectivity index (χ0) is 16.1. The first-order valence-corrected chi connectivity index (χ1v) is 7.47. The summed E-state index contributed by atoms with van der Waals surface area (Å²) < 4.78 is 5.14. The van der Waals surface area contributed by atoms with Crippen LogP contribution in [0.25, 0.3) is 11.4 Å². The Bertz CT molecular complexity index is 785. The summed E-state index contributed by atoms with van der Waals surface area (Å²) in [6.07, 6.45) is 0.318. The number of carbonyl (C=O) groups is 1. The highest BCUT2D eigenvalue weighted by Crippen LogP contribution is 2.18. The number of nitrogens with zero attached hydrogens (tertiary/aromatic N) is 2. The second-order valence-electron chi connectivity index (χ2n) is 4.96. The Kier molecular flexibility index (Phi) is 4.68. The van der Waals surface area contributed by atoms with E-state index in [1.807, 2.05) is 42.5 Å². The molecule has 116 valence electrons. The van der Waals surface area contributed by atoms with Gasteiger partial charge in [0.25, 0.3) is 0 Å². The van der Waals surface area contributed by atoms with Crippen LogP contribution in [0.3, 0.4) is 0 Å². The molecule has 5 nitrogen and oxygen atoms in total. The molecule has 1 N–H and O–H groups in total. The molecule has 2 aromatic carbocycles. The summed E-state index contributed by atoms with van der Waals surface area (Å²) in [4.78, 5) is 16.1. The second-order valence-corrected chi connectivity index (χ2v) is 5.39. The fourth-order valence-electron chi connectivity index (χ4n) is 2.06. The lowest BCUT2D eigenvalue weighted by atomic mass is 10.1. The van der Waals surface area contributed by atoms with E-state index in [9.17, 15) is 4.79 Å². The van der Waals surface area contributed by atoms with Gasteiger partial charge in [0.1, 0.15) is 0 Å². The van der Waals surface area contributed by atoms with Crippen LogP contribution in [0, 0.1) is 0 Å². The van der Waals surface area contributed by atoms with Gasteiger partial charge in [0.05, 0.1) is 13.0 Å². The first-order valence-electron chi connectivity index (χ1n) is 7.10. The van der Waals surface area contributed by atoms with Crippen LogP contribution >= 0.6 is 11.6 Å². The Labute approximate surface area is 138 Å². The summed E-state index contributed by atoms with van der Waals surface area (Å²) in [5, 5.41) is 7.31. The predicted molar refractivity (Wildman–Crippen MR) is 86.7 cm³/mol. The van der Waals surface area contributed by atoms with E-state index in [1.165, 1.54) is 0 Å². The van der Waals surface area contributed by atoms with Gasteiger partial charge in [-0.25, -0.2) is 0 Å². The van der Waals surface area contributed by atoms with Gasteiger partial charge in [-0.2, -0.15) is 4.98 Å². The number of benzene rings is 2. The summed E-state index contributed by atoms with van der Waals surface area (Å²) in [7, 11) is 0. The van der Waals surface area contributed by atoms with Crippen molar-refractivity contribution in [3.63, 3.8) is 0 Å². The van der Waals surface area contributed by atoms with E-state index in [-0.39, 0.29) is 12.5 Å². The lowest BCUT2D eigenvalue weighted by Gasteiger charge is -2.02. The third kappa shape index (κ3) is 4.17. The number of carbonyl (C=O) groups excluding carboxylic acids is 1. The van der Waals surface area contributed by atoms with E-state index in [4.69, 9.17) is 16.1 Å². The Morgan fingerprint density at radius 2 is 1.83 bits per heavy atom. The molecular formula is C17H14ClN3O2. The normalized spacial score (nSPS) is 10.5. The van der Waals surface area contributed by atoms with Gasteiger partial charge in [-0.1, -0.05) is 47.1 Å². The molecule has 1 aromatic heterocycles. The van der Waals surface area contributed by atoms with Gasteiger partial charge >= 0.3 is 0 Å². The molecule has 3 aromatic rings. The lowest BCUT2D eigenvalue weighted by molar-refractivity contribution is -0.120. The summed E-state index contributed by atoms with van der Waals surface area (Å²) >= 11 is 5.84. The van der Waals surface area contributed by atoms with Crippen molar-refractivity contribution in [1.82, 2.24) is 15.5 Å².